The molecule has 0 radical (unpaired) electrons. The molecule has 0 aliphatic carbocycles. The van der Waals surface area contributed by atoms with Crippen LogP contribution in [0.25, 0.3) is 0 Å². The Morgan fingerprint density at radius 3 is 2.16 bits per heavy atom. The molecule has 3 aromatic carbocycles. The number of hydrogen-bond donors (Lipinski definition) is 0. The quantitative estimate of drug-likeness (QED) is 0.478. The lowest BCUT2D eigenvalue weighted by Gasteiger charge is -2.27. The molecule has 1 fully saturated rings. The summed E-state index contributed by atoms with van der Waals surface area (Å²) in [5.41, 5.74) is 0.914. The van der Waals surface area contributed by atoms with Crippen molar-refractivity contribution in [2.75, 3.05) is 4.90 Å². The summed E-state index contributed by atoms with van der Waals surface area (Å²) in [6.45, 7) is -0.170. The Morgan fingerprint density at radius 1 is 0.875 bits per heavy atom. The number of sulfonamides is 1. The van der Waals surface area contributed by atoms with E-state index in [0.717, 1.165) is 9.21 Å². The first-order chi connectivity index (χ1) is 15.3. The predicted octanol–water partition coefficient (Wildman–Crippen LogP) is 4.52. The molecular weight excluding hydrogens is 471 g/mol. The van der Waals surface area contributed by atoms with Gasteiger partial charge in [-0.15, -0.1) is 0 Å². The first-order valence-electron chi connectivity index (χ1n) is 9.71. The van der Waals surface area contributed by atoms with Crippen LogP contribution in [-0.4, -0.2) is 30.6 Å². The van der Waals surface area contributed by atoms with Crippen molar-refractivity contribution in [3.63, 3.8) is 0 Å². The smallest absolute Gasteiger partial charge is 0.252 e. The van der Waals surface area contributed by atoms with Gasteiger partial charge in [0.05, 0.1) is 17.0 Å². The Labute approximate surface area is 196 Å². The minimum Gasteiger partial charge on any atom is -0.274 e. The third kappa shape index (κ3) is 4.29. The molecule has 0 bridgehead atoms. The lowest BCUT2D eigenvalue weighted by atomic mass is 10.2. The zero-order chi connectivity index (χ0) is 22.9. The topological polar surface area (TPSA) is 74.8 Å². The highest BCUT2D eigenvalue weighted by molar-refractivity contribution is 7.89. The molecule has 3 aromatic rings. The van der Waals surface area contributed by atoms with Gasteiger partial charge < -0.3 is 0 Å². The summed E-state index contributed by atoms with van der Waals surface area (Å²) in [6.07, 6.45) is -0.273. The molecule has 0 N–H and O–H groups in total. The third-order valence-corrected chi connectivity index (χ3v) is 7.68. The maximum absolute atomic E-state index is 13.6. The monoisotopic (exact) mass is 488 g/mol. The van der Waals surface area contributed by atoms with Gasteiger partial charge in [-0.1, -0.05) is 59.6 Å². The Morgan fingerprint density at radius 2 is 1.50 bits per heavy atom. The van der Waals surface area contributed by atoms with Crippen molar-refractivity contribution >= 4 is 50.7 Å². The largest absolute Gasteiger partial charge is 0.274 e. The number of carbonyl (C=O) groups excluding carboxylic acids is 2. The van der Waals surface area contributed by atoms with Gasteiger partial charge in [-0.25, -0.2) is 13.3 Å². The zero-order valence-electron chi connectivity index (χ0n) is 16.7. The van der Waals surface area contributed by atoms with Crippen LogP contribution < -0.4 is 4.90 Å². The minimum absolute atomic E-state index is 0.0348. The van der Waals surface area contributed by atoms with Gasteiger partial charge in [0.15, 0.2) is 0 Å². The predicted molar refractivity (Wildman–Crippen MR) is 123 cm³/mol. The molecule has 1 aliphatic heterocycles. The molecule has 9 heteroatoms. The Hall–Kier alpha value is -2.71. The Kier molecular flexibility index (Phi) is 6.35. The summed E-state index contributed by atoms with van der Waals surface area (Å²) >= 11 is 12.2. The van der Waals surface area contributed by atoms with Crippen molar-refractivity contribution in [1.82, 2.24) is 4.31 Å². The van der Waals surface area contributed by atoms with E-state index in [4.69, 9.17) is 23.2 Å². The second-order valence-corrected chi connectivity index (χ2v) is 9.95. The van der Waals surface area contributed by atoms with Crippen molar-refractivity contribution < 1.29 is 18.0 Å². The number of benzene rings is 3. The number of carbonyl (C=O) groups is 2. The van der Waals surface area contributed by atoms with Crippen molar-refractivity contribution in [2.24, 2.45) is 0 Å². The highest BCUT2D eigenvalue weighted by atomic mass is 35.5. The maximum Gasteiger partial charge on any atom is 0.252 e. The molecule has 32 heavy (non-hydrogen) atoms. The second-order valence-electron chi connectivity index (χ2n) is 7.22. The average Bonchev–Trinajstić information content (AvgIpc) is 3.07. The van der Waals surface area contributed by atoms with E-state index in [0.29, 0.717) is 21.3 Å². The number of amides is 2. The van der Waals surface area contributed by atoms with Gasteiger partial charge in [-0.05, 0) is 48.0 Å². The highest BCUT2D eigenvalue weighted by Gasteiger charge is 2.47. The summed E-state index contributed by atoms with van der Waals surface area (Å²) in [4.78, 5) is 27.1. The summed E-state index contributed by atoms with van der Waals surface area (Å²) in [5.74, 6) is -1.08. The number of halogens is 2. The number of imide groups is 1. The van der Waals surface area contributed by atoms with Crippen molar-refractivity contribution in [3.8, 4) is 0 Å². The van der Waals surface area contributed by atoms with Crippen molar-refractivity contribution in [3.05, 3.63) is 94.5 Å². The summed E-state index contributed by atoms with van der Waals surface area (Å²) in [7, 11) is -4.16. The van der Waals surface area contributed by atoms with Gasteiger partial charge in [0.1, 0.15) is 6.04 Å². The van der Waals surface area contributed by atoms with E-state index >= 15 is 0 Å². The molecule has 0 aromatic heterocycles. The molecule has 1 saturated heterocycles. The third-order valence-electron chi connectivity index (χ3n) is 5.19. The molecule has 2 amide bonds. The van der Waals surface area contributed by atoms with E-state index in [1.54, 1.807) is 54.6 Å². The first kappa shape index (κ1) is 22.5. The van der Waals surface area contributed by atoms with Crippen LogP contribution in [0.5, 0.6) is 0 Å². The molecule has 1 atom stereocenters. The second kappa shape index (κ2) is 9.03. The molecule has 1 aliphatic rings. The van der Waals surface area contributed by atoms with E-state index in [9.17, 15) is 18.0 Å². The number of anilines is 1. The van der Waals surface area contributed by atoms with E-state index in [1.807, 2.05) is 0 Å². The van der Waals surface area contributed by atoms with Crippen LogP contribution in [0.15, 0.2) is 83.8 Å². The number of rotatable bonds is 6. The van der Waals surface area contributed by atoms with E-state index < -0.39 is 27.9 Å². The molecular formula is C23H18Cl2N2O4S. The first-order valence-corrected chi connectivity index (χ1v) is 11.9. The van der Waals surface area contributed by atoms with Crippen LogP contribution >= 0.6 is 23.2 Å². The normalized spacial score (nSPS) is 16.7. The van der Waals surface area contributed by atoms with Crippen LogP contribution in [-0.2, 0) is 26.2 Å². The number of hydrogen-bond acceptors (Lipinski definition) is 4. The van der Waals surface area contributed by atoms with Crippen LogP contribution in [0.4, 0.5) is 5.69 Å². The van der Waals surface area contributed by atoms with Crippen molar-refractivity contribution in [1.29, 1.82) is 0 Å². The fourth-order valence-corrected chi connectivity index (χ4v) is 5.47. The van der Waals surface area contributed by atoms with Gasteiger partial charge in [0, 0.05) is 16.6 Å². The molecule has 0 saturated carbocycles. The molecule has 164 valence electrons. The average molecular weight is 489 g/mol. The Bertz CT molecular complexity index is 1260. The van der Waals surface area contributed by atoms with Crippen LogP contribution in [0.3, 0.4) is 0 Å². The van der Waals surface area contributed by atoms with Gasteiger partial charge in [0.25, 0.3) is 5.91 Å². The summed E-state index contributed by atoms with van der Waals surface area (Å²) in [6, 6.07) is 19.7. The van der Waals surface area contributed by atoms with Crippen molar-refractivity contribution in [2.45, 2.75) is 23.9 Å². The highest BCUT2D eigenvalue weighted by Crippen LogP contribution is 2.32. The fourth-order valence-electron chi connectivity index (χ4n) is 3.59. The number of para-hydroxylation sites is 1. The molecule has 1 unspecified atom stereocenters. The van der Waals surface area contributed by atoms with E-state index in [-0.39, 0.29) is 17.9 Å². The van der Waals surface area contributed by atoms with E-state index in [2.05, 4.69) is 0 Å². The van der Waals surface area contributed by atoms with Crippen LogP contribution in [0.1, 0.15) is 12.0 Å². The van der Waals surface area contributed by atoms with E-state index in [1.165, 1.54) is 24.3 Å². The standard InChI is InChI=1S/C23H18Cl2N2O4S/c24-17-10-12-19(13-11-17)32(30,31)26(15-16-6-4-5-9-20(16)25)21-14-22(28)27(23(21)29)18-7-2-1-3-8-18/h1-13,21H,14-15H2. The number of nitrogens with zero attached hydrogens (tertiary/aromatic N) is 2. The lowest BCUT2D eigenvalue weighted by molar-refractivity contribution is -0.122. The lowest BCUT2D eigenvalue weighted by Crippen LogP contribution is -2.45. The van der Waals surface area contributed by atoms with Gasteiger partial charge in [-0.3, -0.25) is 9.59 Å². The summed E-state index contributed by atoms with van der Waals surface area (Å²) < 4.78 is 28.2. The zero-order valence-corrected chi connectivity index (χ0v) is 19.0. The maximum atomic E-state index is 13.6. The molecule has 4 rings (SSSR count). The minimum atomic E-state index is -4.16. The Balaban J connectivity index is 1.77. The molecule has 6 nitrogen and oxygen atoms in total. The van der Waals surface area contributed by atoms with Crippen LogP contribution in [0.2, 0.25) is 10.0 Å². The fraction of sp³-hybridized carbons (Fsp3) is 0.130. The van der Waals surface area contributed by atoms with Gasteiger partial charge in [-0.2, -0.15) is 4.31 Å². The molecule has 0 spiro atoms. The molecule has 1 heterocycles. The van der Waals surface area contributed by atoms with Gasteiger partial charge in [0.2, 0.25) is 15.9 Å². The van der Waals surface area contributed by atoms with Crippen LogP contribution in [0, 0.1) is 0 Å². The van der Waals surface area contributed by atoms with Gasteiger partial charge >= 0.3 is 0 Å². The summed E-state index contributed by atoms with van der Waals surface area (Å²) in [5, 5.41) is 0.740. The SMILES string of the molecule is O=C1CC(N(Cc2ccccc2Cl)S(=O)(=O)c2ccc(Cl)cc2)C(=O)N1c1ccccc1.